The standard InChI is InChI=1S/C12H14ClFN2O/c13-10-2-1-3-11(14)9(10)6-12(17)16-5-4-8(15)7-16/h1-3,8H,4-7,15H2/t8-/m0/s1. The van der Waals surface area contributed by atoms with Gasteiger partial charge in [-0.15, -0.1) is 0 Å². The Morgan fingerprint density at radius 3 is 2.94 bits per heavy atom. The molecule has 1 aromatic rings. The topological polar surface area (TPSA) is 46.3 Å². The first-order valence-electron chi connectivity index (χ1n) is 5.54. The fraction of sp³-hybridized carbons (Fsp3) is 0.417. The van der Waals surface area contributed by atoms with Crippen molar-refractivity contribution in [3.8, 4) is 0 Å². The number of carbonyl (C=O) groups is 1. The van der Waals surface area contributed by atoms with Crippen molar-refractivity contribution in [1.82, 2.24) is 4.90 Å². The molecule has 0 aromatic heterocycles. The predicted molar refractivity (Wildman–Crippen MR) is 64.3 cm³/mol. The lowest BCUT2D eigenvalue weighted by atomic mass is 10.1. The van der Waals surface area contributed by atoms with Crippen molar-refractivity contribution in [2.75, 3.05) is 13.1 Å². The zero-order valence-corrected chi connectivity index (χ0v) is 10.1. The van der Waals surface area contributed by atoms with Crippen LogP contribution in [-0.2, 0) is 11.2 Å². The average molecular weight is 257 g/mol. The van der Waals surface area contributed by atoms with E-state index in [1.807, 2.05) is 0 Å². The van der Waals surface area contributed by atoms with E-state index >= 15 is 0 Å². The first-order valence-corrected chi connectivity index (χ1v) is 5.92. The zero-order valence-electron chi connectivity index (χ0n) is 9.33. The third-order valence-electron chi connectivity index (χ3n) is 2.97. The summed E-state index contributed by atoms with van der Waals surface area (Å²) in [5.41, 5.74) is 5.99. The number of benzene rings is 1. The van der Waals surface area contributed by atoms with Crippen molar-refractivity contribution in [2.24, 2.45) is 5.73 Å². The van der Waals surface area contributed by atoms with Gasteiger partial charge in [0.25, 0.3) is 0 Å². The smallest absolute Gasteiger partial charge is 0.227 e. The maximum absolute atomic E-state index is 13.5. The highest BCUT2D eigenvalue weighted by atomic mass is 35.5. The van der Waals surface area contributed by atoms with E-state index in [0.29, 0.717) is 18.1 Å². The van der Waals surface area contributed by atoms with E-state index in [9.17, 15) is 9.18 Å². The van der Waals surface area contributed by atoms with Crippen LogP contribution in [0.15, 0.2) is 18.2 Å². The fourth-order valence-corrected chi connectivity index (χ4v) is 2.21. The molecule has 1 aliphatic heterocycles. The van der Waals surface area contributed by atoms with Gasteiger partial charge in [0.2, 0.25) is 5.91 Å². The van der Waals surface area contributed by atoms with Crippen molar-refractivity contribution in [3.63, 3.8) is 0 Å². The molecule has 1 aromatic carbocycles. The quantitative estimate of drug-likeness (QED) is 0.873. The molecule has 0 aliphatic carbocycles. The van der Waals surface area contributed by atoms with E-state index in [4.69, 9.17) is 17.3 Å². The van der Waals surface area contributed by atoms with Crippen LogP contribution >= 0.6 is 11.6 Å². The number of halogens is 2. The molecular weight excluding hydrogens is 243 g/mol. The molecule has 92 valence electrons. The van der Waals surface area contributed by atoms with Crippen molar-refractivity contribution in [1.29, 1.82) is 0 Å². The Balaban J connectivity index is 2.08. The summed E-state index contributed by atoms with van der Waals surface area (Å²) in [7, 11) is 0. The van der Waals surface area contributed by atoms with Gasteiger partial charge in [-0.3, -0.25) is 4.79 Å². The number of nitrogens with two attached hydrogens (primary N) is 1. The van der Waals surface area contributed by atoms with Crippen molar-refractivity contribution >= 4 is 17.5 Å². The lowest BCUT2D eigenvalue weighted by molar-refractivity contribution is -0.129. The molecule has 0 saturated carbocycles. The van der Waals surface area contributed by atoms with Crippen LogP contribution in [0, 0.1) is 5.82 Å². The fourth-order valence-electron chi connectivity index (χ4n) is 1.98. The SMILES string of the molecule is N[C@H]1CCN(C(=O)Cc2c(F)cccc2Cl)C1. The minimum atomic E-state index is -0.436. The summed E-state index contributed by atoms with van der Waals surface area (Å²) in [6.45, 7) is 1.19. The second-order valence-corrected chi connectivity index (χ2v) is 4.67. The maximum atomic E-state index is 13.5. The largest absolute Gasteiger partial charge is 0.341 e. The number of hydrogen-bond donors (Lipinski definition) is 1. The van der Waals surface area contributed by atoms with Crippen LogP contribution in [0.2, 0.25) is 5.02 Å². The summed E-state index contributed by atoms with van der Waals surface area (Å²) in [5, 5.41) is 0.293. The zero-order chi connectivity index (χ0) is 12.4. The highest BCUT2D eigenvalue weighted by Crippen LogP contribution is 2.20. The summed E-state index contributed by atoms with van der Waals surface area (Å²) in [6.07, 6.45) is 0.801. The third-order valence-corrected chi connectivity index (χ3v) is 3.32. The molecule has 1 atom stereocenters. The molecule has 1 saturated heterocycles. The molecule has 2 N–H and O–H groups in total. The summed E-state index contributed by atoms with van der Waals surface area (Å²) < 4.78 is 13.5. The van der Waals surface area contributed by atoms with Crippen LogP contribution in [0.4, 0.5) is 4.39 Å². The van der Waals surface area contributed by atoms with E-state index in [2.05, 4.69) is 0 Å². The Morgan fingerprint density at radius 2 is 2.35 bits per heavy atom. The average Bonchev–Trinajstić information content (AvgIpc) is 2.70. The summed E-state index contributed by atoms with van der Waals surface area (Å²) in [5.74, 6) is -0.556. The summed E-state index contributed by atoms with van der Waals surface area (Å²) in [6, 6.07) is 4.46. The highest BCUT2D eigenvalue weighted by molar-refractivity contribution is 6.31. The van der Waals surface area contributed by atoms with Gasteiger partial charge in [0.15, 0.2) is 0 Å². The van der Waals surface area contributed by atoms with Gasteiger partial charge in [0, 0.05) is 29.7 Å². The van der Waals surface area contributed by atoms with Crippen molar-refractivity contribution < 1.29 is 9.18 Å². The number of amides is 1. The minimum absolute atomic E-state index is 0.00176. The molecule has 1 aliphatic rings. The molecule has 17 heavy (non-hydrogen) atoms. The number of hydrogen-bond acceptors (Lipinski definition) is 2. The number of nitrogens with zero attached hydrogens (tertiary/aromatic N) is 1. The van der Waals surface area contributed by atoms with Crippen LogP contribution in [0.3, 0.4) is 0 Å². The molecule has 0 bridgehead atoms. The maximum Gasteiger partial charge on any atom is 0.227 e. The lowest BCUT2D eigenvalue weighted by Crippen LogP contribution is -2.33. The van der Waals surface area contributed by atoms with E-state index < -0.39 is 5.82 Å². The highest BCUT2D eigenvalue weighted by Gasteiger charge is 2.24. The molecule has 0 spiro atoms. The predicted octanol–water partition coefficient (Wildman–Crippen LogP) is 1.58. The van der Waals surface area contributed by atoms with E-state index in [1.54, 1.807) is 11.0 Å². The van der Waals surface area contributed by atoms with Gasteiger partial charge < -0.3 is 10.6 Å². The van der Waals surface area contributed by atoms with Crippen LogP contribution < -0.4 is 5.73 Å². The van der Waals surface area contributed by atoms with E-state index in [0.717, 1.165) is 6.42 Å². The first kappa shape index (κ1) is 12.3. The Labute approximate surface area is 104 Å². The van der Waals surface area contributed by atoms with Gasteiger partial charge in [0.05, 0.1) is 6.42 Å². The summed E-state index contributed by atoms with van der Waals surface area (Å²) >= 11 is 5.87. The van der Waals surface area contributed by atoms with Gasteiger partial charge in [0.1, 0.15) is 5.82 Å². The summed E-state index contributed by atoms with van der Waals surface area (Å²) in [4.78, 5) is 13.6. The molecule has 2 rings (SSSR count). The second-order valence-electron chi connectivity index (χ2n) is 4.27. The Hall–Kier alpha value is -1.13. The molecular formula is C12H14ClFN2O. The lowest BCUT2D eigenvalue weighted by Gasteiger charge is -2.16. The third kappa shape index (κ3) is 2.76. The number of carbonyl (C=O) groups excluding carboxylic acids is 1. The van der Waals surface area contributed by atoms with Gasteiger partial charge in [-0.05, 0) is 18.6 Å². The van der Waals surface area contributed by atoms with Crippen molar-refractivity contribution in [3.05, 3.63) is 34.6 Å². The number of rotatable bonds is 2. The molecule has 0 radical (unpaired) electrons. The number of likely N-dealkylation sites (tertiary alicyclic amines) is 1. The van der Waals surface area contributed by atoms with E-state index in [-0.39, 0.29) is 23.9 Å². The van der Waals surface area contributed by atoms with Crippen LogP contribution in [0.5, 0.6) is 0 Å². The van der Waals surface area contributed by atoms with Gasteiger partial charge in [-0.2, -0.15) is 0 Å². The molecule has 1 heterocycles. The monoisotopic (exact) mass is 256 g/mol. The minimum Gasteiger partial charge on any atom is -0.341 e. The van der Waals surface area contributed by atoms with Gasteiger partial charge in [-0.25, -0.2) is 4.39 Å². The van der Waals surface area contributed by atoms with E-state index in [1.165, 1.54) is 12.1 Å². The Bertz CT molecular complexity index is 418. The molecule has 1 fully saturated rings. The van der Waals surface area contributed by atoms with Gasteiger partial charge in [-0.1, -0.05) is 17.7 Å². The molecule has 0 unspecified atom stereocenters. The first-order chi connectivity index (χ1) is 8.08. The Morgan fingerprint density at radius 1 is 1.59 bits per heavy atom. The van der Waals surface area contributed by atoms with Crippen LogP contribution in [0.25, 0.3) is 0 Å². The normalized spacial score (nSPS) is 19.7. The molecule has 3 nitrogen and oxygen atoms in total. The Kier molecular flexibility index (Phi) is 3.64. The molecule has 1 amide bonds. The van der Waals surface area contributed by atoms with Gasteiger partial charge >= 0.3 is 0 Å². The van der Waals surface area contributed by atoms with Crippen LogP contribution in [0.1, 0.15) is 12.0 Å². The van der Waals surface area contributed by atoms with Crippen molar-refractivity contribution in [2.45, 2.75) is 18.9 Å². The molecule has 5 heteroatoms. The van der Waals surface area contributed by atoms with Crippen LogP contribution in [-0.4, -0.2) is 29.9 Å². The second kappa shape index (κ2) is 5.02.